The minimum absolute atomic E-state index is 0.0740. The van der Waals surface area contributed by atoms with Crippen molar-refractivity contribution in [2.45, 2.75) is 117 Å². The average Bonchev–Trinajstić information content (AvgIpc) is 3.19. The van der Waals surface area contributed by atoms with Gasteiger partial charge in [0, 0.05) is 12.3 Å². The highest BCUT2D eigenvalue weighted by molar-refractivity contribution is 6.70. The number of carbonyl (C=O) groups excluding carboxylic acids is 1. The molecule has 4 aliphatic rings. The summed E-state index contributed by atoms with van der Waals surface area (Å²) in [6.45, 7) is 16.7. The van der Waals surface area contributed by atoms with Crippen molar-refractivity contribution in [3.8, 4) is 0 Å². The standard InChI is InChI=1S/C31H54O4Si2/c1-9-36(33)20-22-14-16-30(3)23(18-22)19-27(35-37(6,7)8)29-25-12-11-24(21(2)10-13-28(32)34-5)31(25,4)17-15-26(29)30/h19,21-26,29H,9-18,20H2,1-8H3/t21?,22-,23+,24-,25+,26+,29+,30+,31-/m1/s1. The van der Waals surface area contributed by atoms with Gasteiger partial charge in [-0.15, -0.1) is 0 Å². The summed E-state index contributed by atoms with van der Waals surface area (Å²) in [6, 6.07) is 1.80. The Morgan fingerprint density at radius 3 is 2.43 bits per heavy atom. The van der Waals surface area contributed by atoms with Crippen molar-refractivity contribution in [2.24, 2.45) is 52.3 Å². The molecule has 37 heavy (non-hydrogen) atoms. The SMILES string of the molecule is CC[Si](=O)C[C@@H]1CC[C@@]2(C)[C@H](C=C(O[Si](C)(C)C)[C@@H]3[C@@H]2CC[C@]2(C)[C@@H](C(C)CCC(=O)OC)CC[C@@H]32)C1. The molecular weight excluding hydrogens is 493 g/mol. The molecule has 0 heterocycles. The maximum Gasteiger partial charge on any atom is 0.305 e. The van der Waals surface area contributed by atoms with Crippen LogP contribution >= 0.6 is 0 Å². The van der Waals surface area contributed by atoms with Crippen LogP contribution in [0.2, 0.25) is 31.7 Å². The van der Waals surface area contributed by atoms with Gasteiger partial charge in [-0.1, -0.05) is 27.7 Å². The Labute approximate surface area is 229 Å². The maximum absolute atomic E-state index is 12.5. The number of hydrogen-bond donors (Lipinski definition) is 0. The zero-order valence-corrected chi connectivity index (χ0v) is 27.0. The summed E-state index contributed by atoms with van der Waals surface area (Å²) in [5, 5.41) is 0. The molecule has 3 fully saturated rings. The molecular formula is C31H54O4Si2. The Bertz CT molecular complexity index is 894. The van der Waals surface area contributed by atoms with Crippen LogP contribution in [0.5, 0.6) is 0 Å². The van der Waals surface area contributed by atoms with Crippen LogP contribution in [0.15, 0.2) is 11.8 Å². The molecule has 0 radical (unpaired) electrons. The third-order valence-corrected chi connectivity index (χ3v) is 14.1. The lowest BCUT2D eigenvalue weighted by Gasteiger charge is -2.60. The normalized spacial score (nSPS) is 40.1. The zero-order chi connectivity index (χ0) is 27.2. The van der Waals surface area contributed by atoms with Crippen LogP contribution < -0.4 is 0 Å². The molecule has 0 aromatic carbocycles. The third kappa shape index (κ3) is 5.76. The number of allylic oxidation sites excluding steroid dienone is 2. The van der Waals surface area contributed by atoms with E-state index in [9.17, 15) is 9.26 Å². The first-order valence-corrected chi connectivity index (χ1v) is 20.5. The number of rotatable bonds is 9. The molecule has 0 N–H and O–H groups in total. The Hall–Kier alpha value is -0.756. The highest BCUT2D eigenvalue weighted by Gasteiger charge is 2.62. The van der Waals surface area contributed by atoms with Crippen LogP contribution in [0.1, 0.15) is 85.5 Å². The van der Waals surface area contributed by atoms with E-state index >= 15 is 0 Å². The van der Waals surface area contributed by atoms with E-state index in [0.717, 1.165) is 18.5 Å². The molecule has 4 aliphatic carbocycles. The van der Waals surface area contributed by atoms with E-state index in [1.807, 2.05) is 0 Å². The van der Waals surface area contributed by atoms with Gasteiger partial charge in [0.1, 0.15) is 0 Å². The second-order valence-corrected chi connectivity index (χ2v) is 21.3. The Morgan fingerprint density at radius 1 is 1.11 bits per heavy atom. The van der Waals surface area contributed by atoms with Crippen molar-refractivity contribution in [3.63, 3.8) is 0 Å². The Kier molecular flexibility index (Phi) is 8.71. The number of methoxy groups -OCH3 is 1. The van der Waals surface area contributed by atoms with Gasteiger partial charge in [-0.05, 0) is 136 Å². The monoisotopic (exact) mass is 546 g/mol. The molecule has 4 rings (SSSR count). The van der Waals surface area contributed by atoms with E-state index in [4.69, 9.17) is 9.16 Å². The molecule has 9 atom stereocenters. The quantitative estimate of drug-likeness (QED) is 0.216. The number of esters is 1. The van der Waals surface area contributed by atoms with E-state index in [1.165, 1.54) is 57.8 Å². The van der Waals surface area contributed by atoms with E-state index in [1.54, 1.807) is 0 Å². The number of fused-ring (bicyclic) bond motifs is 5. The van der Waals surface area contributed by atoms with Crippen LogP contribution in [0, 0.1) is 52.3 Å². The molecule has 3 saturated carbocycles. The lowest BCUT2D eigenvalue weighted by Crippen LogP contribution is -2.54. The second kappa shape index (κ2) is 11.0. The molecule has 210 valence electrons. The average molecular weight is 547 g/mol. The highest BCUT2D eigenvalue weighted by Crippen LogP contribution is 2.69. The van der Waals surface area contributed by atoms with Gasteiger partial charge in [-0.3, -0.25) is 4.79 Å². The van der Waals surface area contributed by atoms with Gasteiger partial charge in [0.25, 0.3) is 8.68 Å². The number of carbonyl (C=O) groups is 1. The third-order valence-electron chi connectivity index (χ3n) is 11.5. The summed E-state index contributed by atoms with van der Waals surface area (Å²) < 4.78 is 24.4. The first-order chi connectivity index (χ1) is 17.3. The van der Waals surface area contributed by atoms with E-state index in [2.05, 4.69) is 53.4 Å². The van der Waals surface area contributed by atoms with Gasteiger partial charge in [0.05, 0.1) is 12.9 Å². The number of ether oxygens (including phenoxy) is 1. The van der Waals surface area contributed by atoms with E-state index in [0.29, 0.717) is 58.7 Å². The summed E-state index contributed by atoms with van der Waals surface area (Å²) in [7, 11) is -1.67. The summed E-state index contributed by atoms with van der Waals surface area (Å²) >= 11 is 0. The van der Waals surface area contributed by atoms with Crippen LogP contribution in [-0.2, 0) is 18.4 Å². The van der Waals surface area contributed by atoms with Gasteiger partial charge in [-0.2, -0.15) is 0 Å². The lowest BCUT2D eigenvalue weighted by atomic mass is 9.45. The van der Waals surface area contributed by atoms with Gasteiger partial charge >= 0.3 is 5.97 Å². The van der Waals surface area contributed by atoms with Gasteiger partial charge in [-0.25, -0.2) is 0 Å². The summed E-state index contributed by atoms with van der Waals surface area (Å²) in [4.78, 5) is 11.9. The zero-order valence-electron chi connectivity index (χ0n) is 25.0. The van der Waals surface area contributed by atoms with E-state index < -0.39 is 17.0 Å². The molecule has 0 aromatic rings. The lowest BCUT2D eigenvalue weighted by molar-refractivity contribution is -0.141. The van der Waals surface area contributed by atoms with Crippen LogP contribution in [0.25, 0.3) is 0 Å². The molecule has 6 heteroatoms. The molecule has 1 unspecified atom stereocenters. The van der Waals surface area contributed by atoms with Gasteiger partial charge in [0.2, 0.25) is 8.32 Å². The molecule has 0 spiro atoms. The molecule has 0 saturated heterocycles. The van der Waals surface area contributed by atoms with Crippen LogP contribution in [-0.4, -0.2) is 30.1 Å². The van der Waals surface area contributed by atoms with Crippen molar-refractivity contribution >= 4 is 23.0 Å². The fraction of sp³-hybridized carbons (Fsp3) is 0.903. The Morgan fingerprint density at radius 2 is 1.78 bits per heavy atom. The highest BCUT2D eigenvalue weighted by atomic mass is 28.4. The summed E-state index contributed by atoms with van der Waals surface area (Å²) in [5.41, 5.74) is 0.658. The maximum atomic E-state index is 12.5. The smallest absolute Gasteiger partial charge is 0.305 e. The Balaban J connectivity index is 1.62. The molecule has 0 aliphatic heterocycles. The topological polar surface area (TPSA) is 52.6 Å². The molecule has 4 nitrogen and oxygen atoms in total. The predicted octanol–water partition coefficient (Wildman–Crippen LogP) is 8.25. The predicted molar refractivity (Wildman–Crippen MR) is 154 cm³/mol. The van der Waals surface area contributed by atoms with Gasteiger partial charge < -0.3 is 13.6 Å². The van der Waals surface area contributed by atoms with Crippen molar-refractivity contribution in [1.82, 2.24) is 0 Å². The van der Waals surface area contributed by atoms with Gasteiger partial charge in [0.15, 0.2) is 0 Å². The summed E-state index contributed by atoms with van der Waals surface area (Å²) in [6.07, 6.45) is 13.0. The van der Waals surface area contributed by atoms with E-state index in [-0.39, 0.29) is 5.97 Å². The largest absolute Gasteiger partial charge is 0.547 e. The fourth-order valence-corrected chi connectivity index (χ4v) is 11.7. The second-order valence-electron chi connectivity index (χ2n) is 14.7. The van der Waals surface area contributed by atoms with Crippen molar-refractivity contribution < 1.29 is 18.4 Å². The van der Waals surface area contributed by atoms with Crippen molar-refractivity contribution in [1.29, 1.82) is 0 Å². The molecule has 0 aromatic heterocycles. The van der Waals surface area contributed by atoms with Crippen molar-refractivity contribution in [2.75, 3.05) is 7.11 Å². The minimum atomic E-state index is -1.75. The first kappa shape index (κ1) is 29.2. The van der Waals surface area contributed by atoms with Crippen molar-refractivity contribution in [3.05, 3.63) is 11.8 Å². The molecule has 0 amide bonds. The summed E-state index contributed by atoms with van der Waals surface area (Å²) in [5.74, 6) is 5.56. The fourth-order valence-electron chi connectivity index (χ4n) is 9.48. The number of hydrogen-bond acceptors (Lipinski definition) is 4. The minimum Gasteiger partial charge on any atom is -0.547 e. The van der Waals surface area contributed by atoms with Crippen LogP contribution in [0.3, 0.4) is 0 Å². The molecule has 0 bridgehead atoms. The first-order valence-electron chi connectivity index (χ1n) is 15.3. The van der Waals surface area contributed by atoms with Crippen LogP contribution in [0.4, 0.5) is 0 Å².